The molecule has 5 heteroatoms. The second kappa shape index (κ2) is 9.02. The zero-order chi connectivity index (χ0) is 17.5. The van der Waals surface area contributed by atoms with Gasteiger partial charge in [-0.1, -0.05) is 43.3 Å². The number of benzene rings is 1. The van der Waals surface area contributed by atoms with Gasteiger partial charge in [0.15, 0.2) is 0 Å². The Kier molecular flexibility index (Phi) is 6.48. The fourth-order valence-electron chi connectivity index (χ4n) is 3.26. The predicted octanol–water partition coefficient (Wildman–Crippen LogP) is 4.02. The van der Waals surface area contributed by atoms with Crippen LogP contribution in [0.2, 0.25) is 0 Å². The third-order valence-electron chi connectivity index (χ3n) is 4.88. The number of hydrogen-bond donors (Lipinski definition) is 2. The summed E-state index contributed by atoms with van der Waals surface area (Å²) in [6, 6.07) is 14.4. The Balaban J connectivity index is 1.52. The molecule has 0 saturated carbocycles. The van der Waals surface area contributed by atoms with Gasteiger partial charge in [0.25, 0.3) is 0 Å². The summed E-state index contributed by atoms with van der Waals surface area (Å²) in [5, 5.41) is 8.12. The zero-order valence-corrected chi connectivity index (χ0v) is 15.6. The van der Waals surface area contributed by atoms with E-state index in [1.807, 2.05) is 30.3 Å². The minimum atomic E-state index is -0.101. The Hall–Kier alpha value is -1.85. The van der Waals surface area contributed by atoms with Crippen LogP contribution in [0.5, 0.6) is 0 Å². The van der Waals surface area contributed by atoms with Gasteiger partial charge in [0.05, 0.1) is 6.04 Å². The van der Waals surface area contributed by atoms with Crippen molar-refractivity contribution in [3.8, 4) is 0 Å². The lowest BCUT2D eigenvalue weighted by atomic mass is 9.97. The minimum absolute atomic E-state index is 0.101. The first-order valence-electron chi connectivity index (χ1n) is 9.05. The lowest BCUT2D eigenvalue weighted by Crippen LogP contribution is -2.44. The summed E-state index contributed by atoms with van der Waals surface area (Å²) >= 11 is 1.77. The van der Waals surface area contributed by atoms with Crippen molar-refractivity contribution in [2.24, 2.45) is 5.92 Å². The number of thiophene rings is 1. The molecule has 3 rings (SSSR count). The topological polar surface area (TPSA) is 44.4 Å². The highest BCUT2D eigenvalue weighted by atomic mass is 32.1. The first kappa shape index (κ1) is 18.0. The van der Waals surface area contributed by atoms with E-state index in [-0.39, 0.29) is 12.1 Å². The highest BCUT2D eigenvalue weighted by molar-refractivity contribution is 7.10. The van der Waals surface area contributed by atoms with Crippen LogP contribution in [0.15, 0.2) is 47.8 Å². The van der Waals surface area contributed by atoms with Crippen molar-refractivity contribution in [3.63, 3.8) is 0 Å². The molecule has 134 valence electrons. The molecule has 1 fully saturated rings. The number of hydrogen-bond acceptors (Lipinski definition) is 3. The molecule has 1 aliphatic rings. The number of carbonyl (C=O) groups is 1. The Morgan fingerprint density at radius 2 is 1.92 bits per heavy atom. The maximum absolute atomic E-state index is 12.2. The monoisotopic (exact) mass is 357 g/mol. The number of nitrogens with zero attached hydrogens (tertiary/aromatic N) is 1. The second-order valence-electron chi connectivity index (χ2n) is 6.80. The number of likely N-dealkylation sites (tertiary alicyclic amines) is 1. The van der Waals surface area contributed by atoms with Crippen molar-refractivity contribution in [2.45, 2.75) is 32.4 Å². The van der Waals surface area contributed by atoms with Crippen LogP contribution in [-0.4, -0.2) is 30.6 Å². The average Bonchev–Trinajstić information content (AvgIpc) is 3.17. The molecule has 2 N–H and O–H groups in total. The highest BCUT2D eigenvalue weighted by Gasteiger charge is 2.25. The molecule has 1 saturated heterocycles. The van der Waals surface area contributed by atoms with Crippen molar-refractivity contribution in [1.29, 1.82) is 0 Å². The van der Waals surface area contributed by atoms with Crippen molar-refractivity contribution in [2.75, 3.05) is 19.6 Å². The van der Waals surface area contributed by atoms with E-state index in [9.17, 15) is 4.79 Å². The summed E-state index contributed by atoms with van der Waals surface area (Å²) in [4.78, 5) is 16.0. The van der Waals surface area contributed by atoms with Crippen LogP contribution in [0.1, 0.15) is 36.2 Å². The van der Waals surface area contributed by atoms with Gasteiger partial charge in [0, 0.05) is 18.0 Å². The standard InChI is InChI=1S/C20H27N3OS/c1-16-9-11-23(12-10-16)18(19-8-5-13-25-19)15-22-20(24)21-14-17-6-3-2-4-7-17/h2-8,13,16,18H,9-12,14-15H2,1H3,(H2,21,22,24)/t18-/m0/s1. The van der Waals surface area contributed by atoms with E-state index in [1.54, 1.807) is 11.3 Å². The summed E-state index contributed by atoms with van der Waals surface area (Å²) in [7, 11) is 0. The molecule has 0 bridgehead atoms. The smallest absolute Gasteiger partial charge is 0.315 e. The maximum atomic E-state index is 12.2. The molecule has 2 amide bonds. The van der Waals surface area contributed by atoms with Gasteiger partial charge >= 0.3 is 6.03 Å². The number of urea groups is 1. The minimum Gasteiger partial charge on any atom is -0.336 e. The van der Waals surface area contributed by atoms with Gasteiger partial charge < -0.3 is 10.6 Å². The van der Waals surface area contributed by atoms with Crippen LogP contribution in [0.25, 0.3) is 0 Å². The number of rotatable bonds is 6. The zero-order valence-electron chi connectivity index (χ0n) is 14.8. The summed E-state index contributed by atoms with van der Waals surface area (Å²) in [5.41, 5.74) is 1.11. The van der Waals surface area contributed by atoms with Gasteiger partial charge in [-0.3, -0.25) is 4.90 Å². The van der Waals surface area contributed by atoms with Crippen molar-refractivity contribution >= 4 is 17.4 Å². The third-order valence-corrected chi connectivity index (χ3v) is 5.86. The average molecular weight is 358 g/mol. The molecule has 0 aliphatic carbocycles. The Morgan fingerprint density at radius 1 is 1.16 bits per heavy atom. The van der Waals surface area contributed by atoms with E-state index < -0.39 is 0 Å². The maximum Gasteiger partial charge on any atom is 0.315 e. The van der Waals surface area contributed by atoms with Crippen LogP contribution in [-0.2, 0) is 6.54 Å². The molecule has 0 spiro atoms. The first-order chi connectivity index (χ1) is 12.2. The normalized spacial score (nSPS) is 17.2. The second-order valence-corrected chi connectivity index (χ2v) is 7.78. The molecule has 1 aromatic heterocycles. The van der Waals surface area contributed by atoms with E-state index in [4.69, 9.17) is 0 Å². The number of carbonyl (C=O) groups excluding carboxylic acids is 1. The number of nitrogens with one attached hydrogen (secondary N) is 2. The number of amides is 2. The van der Waals surface area contributed by atoms with Gasteiger partial charge in [-0.15, -0.1) is 11.3 Å². The molecule has 2 aromatic rings. The number of piperidine rings is 1. The molecule has 4 nitrogen and oxygen atoms in total. The Morgan fingerprint density at radius 3 is 2.60 bits per heavy atom. The van der Waals surface area contributed by atoms with Crippen LogP contribution >= 0.6 is 11.3 Å². The molecule has 25 heavy (non-hydrogen) atoms. The Labute approximate surface area is 154 Å². The molecular weight excluding hydrogens is 330 g/mol. The quantitative estimate of drug-likeness (QED) is 0.820. The van der Waals surface area contributed by atoms with E-state index in [0.29, 0.717) is 13.1 Å². The van der Waals surface area contributed by atoms with E-state index in [0.717, 1.165) is 24.6 Å². The van der Waals surface area contributed by atoms with E-state index in [1.165, 1.54) is 17.7 Å². The Bertz CT molecular complexity index is 636. The largest absolute Gasteiger partial charge is 0.336 e. The molecule has 0 unspecified atom stereocenters. The summed E-state index contributed by atoms with van der Waals surface area (Å²) in [5.74, 6) is 0.808. The molecule has 1 aromatic carbocycles. The van der Waals surface area contributed by atoms with Crippen LogP contribution in [0.3, 0.4) is 0 Å². The van der Waals surface area contributed by atoms with Crippen molar-refractivity contribution in [1.82, 2.24) is 15.5 Å². The van der Waals surface area contributed by atoms with E-state index >= 15 is 0 Å². The molecule has 1 atom stereocenters. The first-order valence-corrected chi connectivity index (χ1v) is 9.93. The highest BCUT2D eigenvalue weighted by Crippen LogP contribution is 2.28. The van der Waals surface area contributed by atoms with Gasteiger partial charge in [-0.2, -0.15) is 0 Å². The van der Waals surface area contributed by atoms with Crippen LogP contribution in [0, 0.1) is 5.92 Å². The van der Waals surface area contributed by atoms with Crippen LogP contribution in [0.4, 0.5) is 4.79 Å². The van der Waals surface area contributed by atoms with Gasteiger partial charge in [0.2, 0.25) is 0 Å². The SMILES string of the molecule is CC1CCN([C@@H](CNC(=O)NCc2ccccc2)c2cccs2)CC1. The lowest BCUT2D eigenvalue weighted by molar-refractivity contribution is 0.138. The van der Waals surface area contributed by atoms with Gasteiger partial charge in [-0.05, 0) is 48.9 Å². The third kappa shape index (κ3) is 5.31. The van der Waals surface area contributed by atoms with Crippen molar-refractivity contribution in [3.05, 3.63) is 58.3 Å². The lowest BCUT2D eigenvalue weighted by Gasteiger charge is -2.36. The molecule has 0 radical (unpaired) electrons. The molecular formula is C20H27N3OS. The molecule has 1 aliphatic heterocycles. The molecule has 2 heterocycles. The fraction of sp³-hybridized carbons (Fsp3) is 0.450. The van der Waals surface area contributed by atoms with E-state index in [2.05, 4.69) is 40.0 Å². The summed E-state index contributed by atoms with van der Waals surface area (Å²) in [6.45, 7) is 5.74. The summed E-state index contributed by atoms with van der Waals surface area (Å²) in [6.07, 6.45) is 2.48. The fourth-order valence-corrected chi connectivity index (χ4v) is 4.12. The predicted molar refractivity (Wildman–Crippen MR) is 104 cm³/mol. The van der Waals surface area contributed by atoms with Gasteiger partial charge in [-0.25, -0.2) is 4.79 Å². The van der Waals surface area contributed by atoms with Crippen LogP contribution < -0.4 is 10.6 Å². The van der Waals surface area contributed by atoms with Crippen molar-refractivity contribution < 1.29 is 4.79 Å². The van der Waals surface area contributed by atoms with Gasteiger partial charge in [0.1, 0.15) is 0 Å². The summed E-state index contributed by atoms with van der Waals surface area (Å²) < 4.78 is 0.